The Bertz CT molecular complexity index is 1290. The number of halogens is 1. The number of aryl methyl sites for hydroxylation is 1. The molecular weight excluding hydrogens is 441 g/mol. The molecule has 1 saturated heterocycles. The highest BCUT2D eigenvalue weighted by molar-refractivity contribution is 5.95. The van der Waals surface area contributed by atoms with E-state index in [0.29, 0.717) is 18.7 Å². The SMILES string of the molecule is CCc1c(C#Cc2ccc(NC)nc2)c(-c2ccc(C(=O)N3CCN(C)CC3)c(F)c2)cc[n+]1C. The lowest BCUT2D eigenvalue weighted by molar-refractivity contribution is -0.679. The first-order chi connectivity index (χ1) is 16.9. The summed E-state index contributed by atoms with van der Waals surface area (Å²) in [5.74, 6) is 6.52. The summed E-state index contributed by atoms with van der Waals surface area (Å²) >= 11 is 0. The number of piperazine rings is 1. The van der Waals surface area contributed by atoms with E-state index < -0.39 is 5.82 Å². The molecule has 1 amide bonds. The number of carbonyl (C=O) groups is 1. The van der Waals surface area contributed by atoms with Crippen molar-refractivity contribution in [2.24, 2.45) is 7.05 Å². The molecule has 1 aliphatic heterocycles. The summed E-state index contributed by atoms with van der Waals surface area (Å²) in [7, 11) is 5.83. The van der Waals surface area contributed by atoms with Gasteiger partial charge in [0.05, 0.1) is 11.1 Å². The van der Waals surface area contributed by atoms with E-state index in [2.05, 4.69) is 34.0 Å². The summed E-state index contributed by atoms with van der Waals surface area (Å²) in [6.07, 6.45) is 4.46. The average Bonchev–Trinajstić information content (AvgIpc) is 2.87. The van der Waals surface area contributed by atoms with Gasteiger partial charge in [-0.15, -0.1) is 0 Å². The summed E-state index contributed by atoms with van der Waals surface area (Å²) in [6.45, 7) is 4.87. The first-order valence-corrected chi connectivity index (χ1v) is 11.9. The van der Waals surface area contributed by atoms with Gasteiger partial charge in [0.1, 0.15) is 18.7 Å². The van der Waals surface area contributed by atoms with Crippen LogP contribution in [0.4, 0.5) is 10.2 Å². The van der Waals surface area contributed by atoms with Crippen molar-refractivity contribution >= 4 is 11.7 Å². The number of benzene rings is 1. The van der Waals surface area contributed by atoms with Gasteiger partial charge in [-0.25, -0.2) is 13.9 Å². The zero-order valence-corrected chi connectivity index (χ0v) is 20.7. The molecule has 1 aliphatic rings. The number of carbonyl (C=O) groups excluding carboxylic acids is 1. The molecule has 1 fully saturated rings. The van der Waals surface area contributed by atoms with E-state index in [0.717, 1.165) is 47.7 Å². The van der Waals surface area contributed by atoms with Gasteiger partial charge in [-0.05, 0) is 36.9 Å². The third-order valence-electron chi connectivity index (χ3n) is 6.44. The Kier molecular flexibility index (Phi) is 7.42. The Morgan fingerprint density at radius 2 is 1.91 bits per heavy atom. The summed E-state index contributed by atoms with van der Waals surface area (Å²) in [4.78, 5) is 21.1. The molecule has 6 nitrogen and oxygen atoms in total. The Morgan fingerprint density at radius 3 is 2.54 bits per heavy atom. The first-order valence-electron chi connectivity index (χ1n) is 11.9. The predicted octanol–water partition coefficient (Wildman–Crippen LogP) is 3.10. The van der Waals surface area contributed by atoms with Gasteiger partial charge in [0.25, 0.3) is 5.91 Å². The Morgan fingerprint density at radius 1 is 1.14 bits per heavy atom. The summed E-state index contributed by atoms with van der Waals surface area (Å²) < 4.78 is 17.3. The molecule has 0 bridgehead atoms. The van der Waals surface area contributed by atoms with E-state index in [9.17, 15) is 4.79 Å². The smallest absolute Gasteiger partial charge is 0.256 e. The number of hydrogen-bond acceptors (Lipinski definition) is 4. The van der Waals surface area contributed by atoms with Crippen molar-refractivity contribution in [1.82, 2.24) is 14.8 Å². The molecule has 4 rings (SSSR count). The molecular formula is C28H31FN5O+. The van der Waals surface area contributed by atoms with Crippen molar-refractivity contribution in [3.05, 3.63) is 77.0 Å². The third-order valence-corrected chi connectivity index (χ3v) is 6.44. The number of anilines is 1. The van der Waals surface area contributed by atoms with Crippen molar-refractivity contribution < 1.29 is 13.8 Å². The molecule has 0 spiro atoms. The number of amides is 1. The highest BCUT2D eigenvalue weighted by Crippen LogP contribution is 2.27. The topological polar surface area (TPSA) is 52.4 Å². The van der Waals surface area contributed by atoms with Crippen LogP contribution in [0.15, 0.2) is 48.8 Å². The Hall–Kier alpha value is -3.76. The van der Waals surface area contributed by atoms with Crippen molar-refractivity contribution in [2.45, 2.75) is 13.3 Å². The van der Waals surface area contributed by atoms with Crippen LogP contribution < -0.4 is 9.88 Å². The fourth-order valence-corrected chi connectivity index (χ4v) is 4.28. The van der Waals surface area contributed by atoms with Crippen molar-refractivity contribution in [3.8, 4) is 23.0 Å². The number of aromatic nitrogens is 2. The maximum Gasteiger partial charge on any atom is 0.256 e. The summed E-state index contributed by atoms with van der Waals surface area (Å²) in [5, 5.41) is 3.00. The number of rotatable bonds is 4. The number of nitrogens with zero attached hydrogens (tertiary/aromatic N) is 4. The molecule has 2 aromatic heterocycles. The molecule has 0 radical (unpaired) electrons. The Balaban J connectivity index is 1.70. The first kappa shape index (κ1) is 24.4. The van der Waals surface area contributed by atoms with Gasteiger partial charge >= 0.3 is 0 Å². The second-order valence-corrected chi connectivity index (χ2v) is 8.74. The van der Waals surface area contributed by atoms with Crippen LogP contribution in [0.3, 0.4) is 0 Å². The van der Waals surface area contributed by atoms with Crippen molar-refractivity contribution in [3.63, 3.8) is 0 Å². The molecule has 3 aromatic rings. The van der Waals surface area contributed by atoms with E-state index in [1.165, 1.54) is 6.07 Å². The predicted molar refractivity (Wildman–Crippen MR) is 136 cm³/mol. The van der Waals surface area contributed by atoms with Gasteiger partial charge in [0, 0.05) is 63.0 Å². The van der Waals surface area contributed by atoms with E-state index in [4.69, 9.17) is 0 Å². The summed E-state index contributed by atoms with van der Waals surface area (Å²) in [5.41, 5.74) is 4.33. The van der Waals surface area contributed by atoms with Gasteiger partial charge in [-0.1, -0.05) is 24.8 Å². The molecule has 0 aliphatic carbocycles. The number of hydrogen-bond donors (Lipinski definition) is 1. The standard InChI is InChI=1S/C28H30FN5O/c1-5-26-23(9-6-20-7-11-27(30-2)31-19-20)22(12-13-33(26)4)21-8-10-24(25(29)18-21)28(35)34-16-14-32(3)15-17-34/h7-8,10-13,18-19H,5,14-17H2,1-4H3/p+1. The lowest BCUT2D eigenvalue weighted by Crippen LogP contribution is -2.47. The largest absolute Gasteiger partial charge is 0.373 e. The van der Waals surface area contributed by atoms with Crippen LogP contribution in [0, 0.1) is 17.7 Å². The van der Waals surface area contributed by atoms with E-state index >= 15 is 4.39 Å². The van der Waals surface area contributed by atoms with E-state index in [1.807, 2.05) is 56.2 Å². The van der Waals surface area contributed by atoms with Crippen LogP contribution in [0.25, 0.3) is 11.1 Å². The maximum absolute atomic E-state index is 15.2. The fraction of sp³-hybridized carbons (Fsp3) is 0.321. The van der Waals surface area contributed by atoms with E-state index in [1.54, 1.807) is 17.2 Å². The second-order valence-electron chi connectivity index (χ2n) is 8.74. The molecule has 0 unspecified atom stereocenters. The molecule has 1 aromatic carbocycles. The highest BCUT2D eigenvalue weighted by atomic mass is 19.1. The lowest BCUT2D eigenvalue weighted by Gasteiger charge is -2.32. The number of pyridine rings is 2. The highest BCUT2D eigenvalue weighted by Gasteiger charge is 2.24. The lowest BCUT2D eigenvalue weighted by atomic mass is 9.96. The van der Waals surface area contributed by atoms with Crippen LogP contribution in [0.1, 0.15) is 34.1 Å². The van der Waals surface area contributed by atoms with Gasteiger partial charge < -0.3 is 15.1 Å². The molecule has 7 heteroatoms. The molecule has 0 saturated carbocycles. The van der Waals surface area contributed by atoms with Crippen LogP contribution in [-0.2, 0) is 13.5 Å². The monoisotopic (exact) mass is 472 g/mol. The average molecular weight is 473 g/mol. The van der Waals surface area contributed by atoms with E-state index in [-0.39, 0.29) is 11.5 Å². The Labute approximate surface area is 206 Å². The molecule has 0 atom stereocenters. The molecule has 35 heavy (non-hydrogen) atoms. The molecule has 1 N–H and O–H groups in total. The van der Waals surface area contributed by atoms with Gasteiger partial charge in [-0.3, -0.25) is 4.79 Å². The fourth-order valence-electron chi connectivity index (χ4n) is 4.28. The number of nitrogens with one attached hydrogen (secondary N) is 1. The van der Waals surface area contributed by atoms with Gasteiger partial charge in [0.2, 0.25) is 0 Å². The minimum absolute atomic E-state index is 0.110. The second kappa shape index (κ2) is 10.7. The minimum atomic E-state index is -0.511. The molecule has 3 heterocycles. The van der Waals surface area contributed by atoms with Crippen LogP contribution in [-0.4, -0.2) is 61.0 Å². The van der Waals surface area contributed by atoms with Crippen LogP contribution >= 0.6 is 0 Å². The zero-order valence-electron chi connectivity index (χ0n) is 20.7. The quantitative estimate of drug-likeness (QED) is 0.468. The van der Waals surface area contributed by atoms with Crippen molar-refractivity contribution in [2.75, 3.05) is 45.6 Å². The third kappa shape index (κ3) is 5.33. The molecule has 180 valence electrons. The van der Waals surface area contributed by atoms with Crippen LogP contribution in [0.5, 0.6) is 0 Å². The summed E-state index contributed by atoms with van der Waals surface area (Å²) in [6, 6.07) is 10.6. The number of likely N-dealkylation sites (N-methyl/N-ethyl adjacent to an activating group) is 1. The zero-order chi connectivity index (χ0) is 24.9. The van der Waals surface area contributed by atoms with Crippen LogP contribution in [0.2, 0.25) is 0 Å². The normalized spacial score (nSPS) is 13.8. The van der Waals surface area contributed by atoms with Gasteiger partial charge in [-0.2, -0.15) is 0 Å². The maximum atomic E-state index is 15.2. The van der Waals surface area contributed by atoms with Gasteiger partial charge in [0.15, 0.2) is 11.9 Å². The minimum Gasteiger partial charge on any atom is -0.373 e. The van der Waals surface area contributed by atoms with Crippen molar-refractivity contribution in [1.29, 1.82) is 0 Å².